The van der Waals surface area contributed by atoms with Gasteiger partial charge in [0.25, 0.3) is 0 Å². The number of fused-ring (bicyclic) bond motifs is 1. The molecule has 0 spiro atoms. The average molecular weight is 334 g/mol. The topological polar surface area (TPSA) is 68.1 Å². The van der Waals surface area contributed by atoms with Crippen LogP contribution < -0.4 is 0 Å². The molecule has 1 aromatic carbocycles. The molecule has 3 rings (SSSR count). The fourth-order valence-corrected chi connectivity index (χ4v) is 3.81. The van der Waals surface area contributed by atoms with Crippen LogP contribution in [0.4, 0.5) is 0 Å². The summed E-state index contributed by atoms with van der Waals surface area (Å²) in [5, 5.41) is 8.58. The molecular weight excluding hydrogens is 312 g/mol. The highest BCUT2D eigenvalue weighted by atomic mass is 32.2. The molecule has 124 valence electrons. The molecule has 0 unspecified atom stereocenters. The number of nitrogens with zero attached hydrogens (tertiary/aromatic N) is 4. The van der Waals surface area contributed by atoms with Gasteiger partial charge in [0.2, 0.25) is 10.0 Å². The van der Waals surface area contributed by atoms with Crippen LogP contribution in [-0.2, 0) is 23.0 Å². The van der Waals surface area contributed by atoms with E-state index in [4.69, 9.17) is 0 Å². The van der Waals surface area contributed by atoms with Crippen LogP contribution in [0.25, 0.3) is 11.4 Å². The van der Waals surface area contributed by atoms with Gasteiger partial charge >= 0.3 is 0 Å². The van der Waals surface area contributed by atoms with Crippen molar-refractivity contribution in [1.82, 2.24) is 19.1 Å². The fraction of sp³-hybridized carbons (Fsp3) is 0.500. The van der Waals surface area contributed by atoms with Crippen molar-refractivity contribution in [3.8, 4) is 11.4 Å². The van der Waals surface area contributed by atoms with Crippen LogP contribution in [0, 0.1) is 5.41 Å². The fourth-order valence-electron chi connectivity index (χ4n) is 2.86. The summed E-state index contributed by atoms with van der Waals surface area (Å²) in [6.07, 6.45) is 1.98. The van der Waals surface area contributed by atoms with Crippen LogP contribution in [0.3, 0.4) is 0 Å². The van der Waals surface area contributed by atoms with Crippen molar-refractivity contribution in [2.75, 3.05) is 14.1 Å². The minimum absolute atomic E-state index is 0.192. The highest BCUT2D eigenvalue weighted by Gasteiger charge is 2.29. The first kappa shape index (κ1) is 16.1. The van der Waals surface area contributed by atoms with Crippen molar-refractivity contribution >= 4 is 10.0 Å². The van der Waals surface area contributed by atoms with E-state index >= 15 is 0 Å². The summed E-state index contributed by atoms with van der Waals surface area (Å²) in [5.41, 5.74) is 0.974. The molecule has 2 heterocycles. The van der Waals surface area contributed by atoms with Gasteiger partial charge < -0.3 is 4.57 Å². The molecule has 0 saturated heterocycles. The van der Waals surface area contributed by atoms with Crippen molar-refractivity contribution in [3.63, 3.8) is 0 Å². The van der Waals surface area contributed by atoms with Crippen LogP contribution in [0.1, 0.15) is 26.1 Å². The number of rotatable bonds is 3. The number of hydrogen-bond donors (Lipinski definition) is 0. The number of aryl methyl sites for hydroxylation is 1. The second-order valence-corrected chi connectivity index (χ2v) is 9.16. The van der Waals surface area contributed by atoms with Crippen LogP contribution in [0.5, 0.6) is 0 Å². The minimum atomic E-state index is -3.46. The molecule has 7 heteroatoms. The predicted octanol–water partition coefficient (Wildman–Crippen LogP) is 2.17. The van der Waals surface area contributed by atoms with Crippen molar-refractivity contribution in [2.45, 2.75) is 38.1 Å². The maximum Gasteiger partial charge on any atom is 0.242 e. The van der Waals surface area contributed by atoms with Gasteiger partial charge in [-0.25, -0.2) is 12.7 Å². The Morgan fingerprint density at radius 2 is 1.96 bits per heavy atom. The molecule has 1 aliphatic rings. The zero-order valence-corrected chi connectivity index (χ0v) is 14.8. The van der Waals surface area contributed by atoms with Crippen molar-refractivity contribution < 1.29 is 8.42 Å². The molecule has 6 nitrogen and oxygen atoms in total. The lowest BCUT2D eigenvalue weighted by molar-refractivity contribution is 0.248. The van der Waals surface area contributed by atoms with Crippen LogP contribution >= 0.6 is 0 Å². The normalized spacial score (nSPS) is 17.3. The maximum absolute atomic E-state index is 12.3. The van der Waals surface area contributed by atoms with Gasteiger partial charge in [0.15, 0.2) is 5.82 Å². The van der Waals surface area contributed by atoms with E-state index in [1.54, 1.807) is 18.2 Å². The van der Waals surface area contributed by atoms with Gasteiger partial charge in [-0.05, 0) is 24.0 Å². The Labute approximate surface area is 137 Å². The summed E-state index contributed by atoms with van der Waals surface area (Å²) in [4.78, 5) is 0.271. The standard InChI is InChI=1S/C16H22N4O2S/c1-16(2)9-8-14-17-18-15(20(14)11-16)12-6-5-7-13(10-12)23(21,22)19(3)4/h5-7,10H,8-9,11H2,1-4H3. The number of sulfonamides is 1. The van der Waals surface area contributed by atoms with Gasteiger partial charge in [-0.15, -0.1) is 10.2 Å². The summed E-state index contributed by atoms with van der Waals surface area (Å²) in [6, 6.07) is 6.92. The monoisotopic (exact) mass is 334 g/mol. The molecule has 1 aliphatic heterocycles. The maximum atomic E-state index is 12.3. The Kier molecular flexibility index (Phi) is 3.80. The van der Waals surface area contributed by atoms with Gasteiger partial charge in [0.1, 0.15) is 5.82 Å². The van der Waals surface area contributed by atoms with Crippen molar-refractivity contribution in [1.29, 1.82) is 0 Å². The first-order valence-electron chi connectivity index (χ1n) is 7.66. The quantitative estimate of drug-likeness (QED) is 0.863. The van der Waals surface area contributed by atoms with Crippen LogP contribution in [0.15, 0.2) is 29.2 Å². The summed E-state index contributed by atoms with van der Waals surface area (Å²) >= 11 is 0. The molecule has 23 heavy (non-hydrogen) atoms. The molecule has 0 amide bonds. The first-order chi connectivity index (χ1) is 10.7. The van der Waals surface area contributed by atoms with E-state index in [1.807, 2.05) is 6.07 Å². The van der Waals surface area contributed by atoms with E-state index in [1.165, 1.54) is 18.4 Å². The predicted molar refractivity (Wildman–Crippen MR) is 88.4 cm³/mol. The highest BCUT2D eigenvalue weighted by molar-refractivity contribution is 7.89. The van der Waals surface area contributed by atoms with Crippen molar-refractivity contribution in [3.05, 3.63) is 30.1 Å². The van der Waals surface area contributed by atoms with Crippen molar-refractivity contribution in [2.24, 2.45) is 5.41 Å². The molecule has 0 aliphatic carbocycles. The summed E-state index contributed by atoms with van der Waals surface area (Å²) < 4.78 is 28.0. The number of benzene rings is 1. The molecule has 0 atom stereocenters. The lowest BCUT2D eigenvalue weighted by Crippen LogP contribution is -2.27. The molecule has 0 saturated carbocycles. The second-order valence-electron chi connectivity index (χ2n) is 7.01. The Morgan fingerprint density at radius 3 is 2.65 bits per heavy atom. The van der Waals surface area contributed by atoms with E-state index < -0.39 is 10.0 Å². The van der Waals surface area contributed by atoms with Gasteiger partial charge in [-0.3, -0.25) is 0 Å². The van der Waals surface area contributed by atoms with Gasteiger partial charge in [-0.1, -0.05) is 26.0 Å². The third kappa shape index (κ3) is 2.90. The lowest BCUT2D eigenvalue weighted by Gasteiger charge is -2.30. The first-order valence-corrected chi connectivity index (χ1v) is 9.10. The Bertz CT molecular complexity index is 838. The summed E-state index contributed by atoms with van der Waals surface area (Å²) in [6.45, 7) is 5.30. The summed E-state index contributed by atoms with van der Waals surface area (Å²) in [5.74, 6) is 1.71. The van der Waals surface area contributed by atoms with E-state index in [0.29, 0.717) is 0 Å². The average Bonchev–Trinajstić information content (AvgIpc) is 2.88. The number of hydrogen-bond acceptors (Lipinski definition) is 4. The van der Waals surface area contributed by atoms with Gasteiger partial charge in [0, 0.05) is 32.6 Å². The van der Waals surface area contributed by atoms with E-state index in [9.17, 15) is 8.42 Å². The molecule has 0 radical (unpaired) electrons. The Balaban J connectivity index is 2.07. The Hall–Kier alpha value is -1.73. The molecule has 1 aromatic heterocycles. The zero-order chi connectivity index (χ0) is 16.8. The van der Waals surface area contributed by atoms with E-state index in [-0.39, 0.29) is 10.3 Å². The van der Waals surface area contributed by atoms with E-state index in [2.05, 4.69) is 28.6 Å². The third-order valence-corrected chi connectivity index (χ3v) is 6.12. The zero-order valence-electron chi connectivity index (χ0n) is 13.9. The smallest absolute Gasteiger partial charge is 0.242 e. The highest BCUT2D eigenvalue weighted by Crippen LogP contribution is 2.33. The van der Waals surface area contributed by atoms with Crippen LogP contribution in [-0.4, -0.2) is 41.6 Å². The molecule has 2 aromatic rings. The SMILES string of the molecule is CN(C)S(=O)(=O)c1cccc(-c2nnc3n2CC(C)(C)CC3)c1. The minimum Gasteiger partial charge on any atom is -0.310 e. The Morgan fingerprint density at radius 1 is 1.22 bits per heavy atom. The number of aromatic nitrogens is 3. The molecule has 0 fully saturated rings. The van der Waals surface area contributed by atoms with Gasteiger partial charge in [-0.2, -0.15) is 0 Å². The molecular formula is C16H22N4O2S. The molecule has 0 N–H and O–H groups in total. The van der Waals surface area contributed by atoms with E-state index in [0.717, 1.165) is 36.6 Å². The largest absolute Gasteiger partial charge is 0.310 e. The van der Waals surface area contributed by atoms with Gasteiger partial charge in [0.05, 0.1) is 4.90 Å². The molecule has 0 bridgehead atoms. The lowest BCUT2D eigenvalue weighted by atomic mass is 9.85. The second kappa shape index (κ2) is 5.42. The third-order valence-electron chi connectivity index (χ3n) is 4.31. The van der Waals surface area contributed by atoms with Crippen LogP contribution in [0.2, 0.25) is 0 Å². The summed E-state index contributed by atoms with van der Waals surface area (Å²) in [7, 11) is -0.396.